The van der Waals surface area contributed by atoms with Gasteiger partial charge >= 0.3 is 0 Å². The number of amides is 1. The topological polar surface area (TPSA) is 83.6 Å². The third-order valence-electron chi connectivity index (χ3n) is 5.83. The standard InChI is InChI=1S/C22H24N2O4S/c25-21-13-14-24(20-12-5-4-11-19(20)21)29(27,28)18-10-6-7-16(15-18)22(26)23-17-8-2-1-3-9-17/h1-3,6-10,15,19-20H,4-5,11-14H2,(H,23,26). The molecule has 2 atom stereocenters. The van der Waals surface area contributed by atoms with Crippen molar-refractivity contribution in [3.63, 3.8) is 0 Å². The van der Waals surface area contributed by atoms with Crippen molar-refractivity contribution in [2.75, 3.05) is 11.9 Å². The lowest BCUT2D eigenvalue weighted by atomic mass is 9.79. The summed E-state index contributed by atoms with van der Waals surface area (Å²) in [5, 5.41) is 2.78. The molecule has 1 aliphatic heterocycles. The Morgan fingerprint density at radius 3 is 2.55 bits per heavy atom. The van der Waals surface area contributed by atoms with Gasteiger partial charge in [0.15, 0.2) is 0 Å². The summed E-state index contributed by atoms with van der Waals surface area (Å²) < 4.78 is 28.2. The maximum Gasteiger partial charge on any atom is 0.255 e. The molecule has 0 spiro atoms. The zero-order valence-electron chi connectivity index (χ0n) is 16.1. The number of anilines is 1. The van der Waals surface area contributed by atoms with Gasteiger partial charge in [-0.1, -0.05) is 37.1 Å². The van der Waals surface area contributed by atoms with Crippen LogP contribution < -0.4 is 5.32 Å². The van der Waals surface area contributed by atoms with Gasteiger partial charge in [-0.25, -0.2) is 8.42 Å². The Balaban J connectivity index is 1.59. The molecule has 2 unspecified atom stereocenters. The molecule has 0 radical (unpaired) electrons. The van der Waals surface area contributed by atoms with Gasteiger partial charge in [0, 0.05) is 36.2 Å². The van der Waals surface area contributed by atoms with Crippen LogP contribution in [0.1, 0.15) is 42.5 Å². The molecule has 2 aliphatic rings. The first-order chi connectivity index (χ1) is 14.0. The van der Waals surface area contributed by atoms with Crippen molar-refractivity contribution in [1.29, 1.82) is 0 Å². The van der Waals surface area contributed by atoms with E-state index >= 15 is 0 Å². The minimum atomic E-state index is -3.78. The molecule has 4 rings (SSSR count). The summed E-state index contributed by atoms with van der Waals surface area (Å²) in [5.41, 5.74) is 0.925. The van der Waals surface area contributed by atoms with E-state index in [1.54, 1.807) is 24.3 Å². The van der Waals surface area contributed by atoms with Crippen molar-refractivity contribution >= 4 is 27.4 Å². The Kier molecular flexibility index (Phi) is 5.52. The summed E-state index contributed by atoms with van der Waals surface area (Å²) in [4.78, 5) is 25.0. The molecule has 29 heavy (non-hydrogen) atoms. The Labute approximate surface area is 171 Å². The number of benzene rings is 2. The average Bonchev–Trinajstić information content (AvgIpc) is 2.75. The second kappa shape index (κ2) is 8.08. The van der Waals surface area contributed by atoms with Crippen LogP contribution in [-0.4, -0.2) is 37.0 Å². The third-order valence-corrected chi connectivity index (χ3v) is 7.75. The van der Waals surface area contributed by atoms with E-state index in [2.05, 4.69) is 5.32 Å². The zero-order valence-corrected chi connectivity index (χ0v) is 16.9. The normalized spacial score (nSPS) is 22.7. The van der Waals surface area contributed by atoms with Gasteiger partial charge in [-0.3, -0.25) is 9.59 Å². The van der Waals surface area contributed by atoms with E-state index in [0.29, 0.717) is 12.1 Å². The number of carbonyl (C=O) groups is 2. The minimum absolute atomic E-state index is 0.0943. The van der Waals surface area contributed by atoms with Crippen LogP contribution in [0.3, 0.4) is 0 Å². The van der Waals surface area contributed by atoms with Crippen LogP contribution in [0.2, 0.25) is 0 Å². The number of nitrogens with one attached hydrogen (secondary N) is 1. The van der Waals surface area contributed by atoms with E-state index in [-0.39, 0.29) is 47.1 Å². The van der Waals surface area contributed by atoms with Gasteiger partial charge in [-0.15, -0.1) is 0 Å². The van der Waals surface area contributed by atoms with Crippen molar-refractivity contribution in [2.45, 2.75) is 43.0 Å². The summed E-state index contributed by atoms with van der Waals surface area (Å²) in [6, 6.07) is 14.9. The first kappa shape index (κ1) is 19.8. The summed E-state index contributed by atoms with van der Waals surface area (Å²) in [6.07, 6.45) is 3.63. The largest absolute Gasteiger partial charge is 0.322 e. The molecule has 1 heterocycles. The fraction of sp³-hybridized carbons (Fsp3) is 0.364. The minimum Gasteiger partial charge on any atom is -0.322 e. The first-order valence-corrected chi connectivity index (χ1v) is 11.4. The van der Waals surface area contributed by atoms with Crippen LogP contribution in [0.5, 0.6) is 0 Å². The molecule has 0 bridgehead atoms. The van der Waals surface area contributed by atoms with E-state index < -0.39 is 10.0 Å². The number of carbonyl (C=O) groups excluding carboxylic acids is 2. The second-order valence-corrected chi connectivity index (χ2v) is 9.53. The van der Waals surface area contributed by atoms with Gasteiger partial charge in [-0.2, -0.15) is 4.31 Å². The lowest BCUT2D eigenvalue weighted by Crippen LogP contribution is -2.53. The van der Waals surface area contributed by atoms with Gasteiger partial charge in [0.05, 0.1) is 4.90 Å². The molecule has 152 valence electrons. The van der Waals surface area contributed by atoms with Crippen LogP contribution in [0.25, 0.3) is 0 Å². The molecule has 1 N–H and O–H groups in total. The van der Waals surface area contributed by atoms with E-state index in [4.69, 9.17) is 0 Å². The van der Waals surface area contributed by atoms with E-state index in [9.17, 15) is 18.0 Å². The summed E-state index contributed by atoms with van der Waals surface area (Å²) in [6.45, 7) is 0.211. The van der Waals surface area contributed by atoms with Crippen molar-refractivity contribution in [3.05, 3.63) is 60.2 Å². The molecule has 1 saturated heterocycles. The second-order valence-electron chi connectivity index (χ2n) is 7.64. The van der Waals surface area contributed by atoms with Gasteiger partial charge in [0.25, 0.3) is 5.91 Å². The predicted molar refractivity (Wildman–Crippen MR) is 110 cm³/mol. The summed E-state index contributed by atoms with van der Waals surface area (Å²) >= 11 is 0. The average molecular weight is 413 g/mol. The molecule has 7 heteroatoms. The van der Waals surface area contributed by atoms with Crippen molar-refractivity contribution in [1.82, 2.24) is 4.31 Å². The van der Waals surface area contributed by atoms with E-state index in [0.717, 1.165) is 19.3 Å². The smallest absolute Gasteiger partial charge is 0.255 e. The van der Waals surface area contributed by atoms with E-state index in [1.807, 2.05) is 18.2 Å². The molecule has 0 aromatic heterocycles. The summed E-state index contributed by atoms with van der Waals surface area (Å²) in [7, 11) is -3.78. The Morgan fingerprint density at radius 1 is 1.00 bits per heavy atom. The number of hydrogen-bond acceptors (Lipinski definition) is 4. The van der Waals surface area contributed by atoms with Gasteiger partial charge in [-0.05, 0) is 43.2 Å². The monoisotopic (exact) mass is 412 g/mol. The lowest BCUT2D eigenvalue weighted by Gasteiger charge is -2.42. The van der Waals surface area contributed by atoms with Crippen molar-refractivity contribution in [2.24, 2.45) is 5.92 Å². The molecule has 1 saturated carbocycles. The van der Waals surface area contributed by atoms with Crippen LogP contribution in [0, 0.1) is 5.92 Å². The highest BCUT2D eigenvalue weighted by atomic mass is 32.2. The maximum absolute atomic E-state index is 13.4. The van der Waals surface area contributed by atoms with Crippen LogP contribution in [-0.2, 0) is 14.8 Å². The highest BCUT2D eigenvalue weighted by Crippen LogP contribution is 2.36. The van der Waals surface area contributed by atoms with Gasteiger partial charge < -0.3 is 5.32 Å². The number of nitrogens with zero attached hydrogens (tertiary/aromatic N) is 1. The molecular weight excluding hydrogens is 388 g/mol. The number of fused-ring (bicyclic) bond motifs is 1. The number of para-hydroxylation sites is 1. The number of rotatable bonds is 4. The zero-order chi connectivity index (χ0) is 20.4. The van der Waals surface area contributed by atoms with Crippen LogP contribution in [0.15, 0.2) is 59.5 Å². The molecule has 2 aromatic carbocycles. The number of piperidine rings is 1. The Hall–Kier alpha value is -2.51. The number of Topliss-reactive ketones (excluding diaryl/α,β-unsaturated/α-hetero) is 1. The van der Waals surface area contributed by atoms with Crippen molar-refractivity contribution < 1.29 is 18.0 Å². The van der Waals surface area contributed by atoms with Gasteiger partial charge in [0.2, 0.25) is 10.0 Å². The maximum atomic E-state index is 13.4. The lowest BCUT2D eigenvalue weighted by molar-refractivity contribution is -0.128. The summed E-state index contributed by atoms with van der Waals surface area (Å²) in [5.74, 6) is -0.383. The predicted octanol–water partition coefficient (Wildman–Crippen LogP) is 3.46. The van der Waals surface area contributed by atoms with Crippen molar-refractivity contribution in [3.8, 4) is 0 Å². The number of sulfonamides is 1. The fourth-order valence-electron chi connectivity index (χ4n) is 4.36. The number of hydrogen-bond donors (Lipinski definition) is 1. The highest BCUT2D eigenvalue weighted by molar-refractivity contribution is 7.89. The first-order valence-electron chi connectivity index (χ1n) is 9.98. The highest BCUT2D eigenvalue weighted by Gasteiger charge is 2.43. The van der Waals surface area contributed by atoms with Crippen LogP contribution >= 0.6 is 0 Å². The van der Waals surface area contributed by atoms with Crippen LogP contribution in [0.4, 0.5) is 5.69 Å². The molecule has 2 fully saturated rings. The SMILES string of the molecule is O=C(Nc1ccccc1)c1cccc(S(=O)(=O)N2CCC(=O)C3CCCCC32)c1. The quantitative estimate of drug-likeness (QED) is 0.834. The molecule has 2 aromatic rings. The molecule has 1 aliphatic carbocycles. The Bertz CT molecular complexity index is 1020. The third kappa shape index (κ3) is 3.97. The van der Waals surface area contributed by atoms with Gasteiger partial charge in [0.1, 0.15) is 5.78 Å². The Morgan fingerprint density at radius 2 is 1.76 bits per heavy atom. The molecule has 1 amide bonds. The van der Waals surface area contributed by atoms with E-state index in [1.165, 1.54) is 16.4 Å². The molecular formula is C22H24N2O4S. The fourth-order valence-corrected chi connectivity index (χ4v) is 6.10. The number of ketones is 1. The molecule has 6 nitrogen and oxygen atoms in total.